The van der Waals surface area contributed by atoms with Gasteiger partial charge in [0.25, 0.3) is 5.91 Å². The van der Waals surface area contributed by atoms with Gasteiger partial charge in [-0.3, -0.25) is 4.79 Å². The lowest BCUT2D eigenvalue weighted by molar-refractivity contribution is 0.0671. The van der Waals surface area contributed by atoms with Crippen LogP contribution in [0, 0.1) is 5.92 Å². The van der Waals surface area contributed by atoms with E-state index in [1.165, 1.54) is 0 Å². The molecule has 1 saturated heterocycles. The number of hydrogen-bond donors (Lipinski definition) is 1. The van der Waals surface area contributed by atoms with Gasteiger partial charge in [0.15, 0.2) is 0 Å². The second-order valence-corrected chi connectivity index (χ2v) is 5.88. The third-order valence-corrected chi connectivity index (χ3v) is 4.40. The molecule has 2 atom stereocenters. The molecule has 104 valence electrons. The van der Waals surface area contributed by atoms with Gasteiger partial charge < -0.3 is 15.4 Å². The Morgan fingerprint density at radius 1 is 1.53 bits per heavy atom. The van der Waals surface area contributed by atoms with Crippen molar-refractivity contribution in [2.24, 2.45) is 11.7 Å². The summed E-state index contributed by atoms with van der Waals surface area (Å²) in [4.78, 5) is 14.3. The molecule has 1 heterocycles. The first-order chi connectivity index (χ1) is 9.02. The average molecular weight is 327 g/mol. The molecule has 1 aliphatic heterocycles. The van der Waals surface area contributed by atoms with E-state index in [-0.39, 0.29) is 11.9 Å². The van der Waals surface area contributed by atoms with Crippen LogP contribution in [0.15, 0.2) is 22.7 Å². The molecule has 1 aliphatic rings. The summed E-state index contributed by atoms with van der Waals surface area (Å²) < 4.78 is 5.95. The number of rotatable bonds is 2. The Kier molecular flexibility index (Phi) is 4.47. The molecule has 2 unspecified atom stereocenters. The molecule has 0 aromatic heterocycles. The van der Waals surface area contributed by atoms with E-state index in [0.29, 0.717) is 23.8 Å². The highest BCUT2D eigenvalue weighted by molar-refractivity contribution is 9.10. The number of methoxy groups -OCH3 is 1. The number of carbonyl (C=O) groups is 1. The molecule has 0 saturated carbocycles. The lowest BCUT2D eigenvalue weighted by Gasteiger charge is -2.35. The molecule has 0 bridgehead atoms. The Morgan fingerprint density at radius 3 is 2.89 bits per heavy atom. The molecular formula is C14H19BrN2O2. The van der Waals surface area contributed by atoms with Gasteiger partial charge in [-0.25, -0.2) is 0 Å². The molecule has 0 radical (unpaired) electrons. The number of carbonyl (C=O) groups excluding carboxylic acids is 1. The molecule has 1 fully saturated rings. The van der Waals surface area contributed by atoms with E-state index in [2.05, 4.69) is 22.9 Å². The van der Waals surface area contributed by atoms with Gasteiger partial charge >= 0.3 is 0 Å². The summed E-state index contributed by atoms with van der Waals surface area (Å²) in [6.07, 6.45) is 0.953. The molecule has 5 heteroatoms. The quantitative estimate of drug-likeness (QED) is 0.907. The average Bonchev–Trinajstić information content (AvgIpc) is 2.41. The number of nitrogens with two attached hydrogens (primary N) is 1. The number of ether oxygens (including phenoxy) is 1. The monoisotopic (exact) mass is 326 g/mol. The molecule has 1 amide bonds. The number of piperidine rings is 1. The van der Waals surface area contributed by atoms with Crippen LogP contribution in [0.3, 0.4) is 0 Å². The first kappa shape index (κ1) is 14.3. The minimum atomic E-state index is 0.00752. The third kappa shape index (κ3) is 3.09. The number of nitrogens with zero attached hydrogens (tertiary/aromatic N) is 1. The van der Waals surface area contributed by atoms with E-state index < -0.39 is 0 Å². The lowest BCUT2D eigenvalue weighted by atomic mass is 9.94. The molecule has 4 nitrogen and oxygen atoms in total. The zero-order valence-electron chi connectivity index (χ0n) is 11.2. The second kappa shape index (κ2) is 5.92. The van der Waals surface area contributed by atoms with Crippen LogP contribution in [0.25, 0.3) is 0 Å². The Labute approximate surface area is 122 Å². The Balaban J connectivity index is 2.20. The smallest absolute Gasteiger partial charge is 0.255 e. The summed E-state index contributed by atoms with van der Waals surface area (Å²) in [5, 5.41) is 0. The summed E-state index contributed by atoms with van der Waals surface area (Å²) in [6, 6.07) is 5.47. The molecular weight excluding hydrogens is 308 g/mol. The number of likely N-dealkylation sites (tertiary alicyclic amines) is 1. The van der Waals surface area contributed by atoms with Crippen molar-refractivity contribution in [3.8, 4) is 5.75 Å². The minimum Gasteiger partial charge on any atom is -0.497 e. The summed E-state index contributed by atoms with van der Waals surface area (Å²) in [6.45, 7) is 3.51. The van der Waals surface area contributed by atoms with Crippen LogP contribution in [0.5, 0.6) is 5.75 Å². The molecule has 1 aromatic rings. The van der Waals surface area contributed by atoms with Crippen LogP contribution >= 0.6 is 15.9 Å². The topological polar surface area (TPSA) is 55.6 Å². The van der Waals surface area contributed by atoms with Crippen LogP contribution in [-0.2, 0) is 0 Å². The number of amides is 1. The SMILES string of the molecule is COc1ccc(Br)c(C(=O)N2CCC(C)C(N)C2)c1. The predicted octanol–water partition coefficient (Wildman–Crippen LogP) is 2.27. The van der Waals surface area contributed by atoms with Gasteiger partial charge in [-0.15, -0.1) is 0 Å². The molecule has 0 spiro atoms. The summed E-state index contributed by atoms with van der Waals surface area (Å²) in [7, 11) is 1.59. The van der Waals surface area contributed by atoms with Gasteiger partial charge in [-0.1, -0.05) is 6.92 Å². The van der Waals surface area contributed by atoms with E-state index >= 15 is 0 Å². The van der Waals surface area contributed by atoms with E-state index in [1.807, 2.05) is 17.0 Å². The summed E-state index contributed by atoms with van der Waals surface area (Å²) in [5.74, 6) is 1.16. The highest BCUT2D eigenvalue weighted by Crippen LogP contribution is 2.25. The molecule has 1 aromatic carbocycles. The van der Waals surface area contributed by atoms with Crippen molar-refractivity contribution < 1.29 is 9.53 Å². The Bertz CT molecular complexity index is 479. The van der Waals surface area contributed by atoms with Crippen LogP contribution in [-0.4, -0.2) is 37.0 Å². The Morgan fingerprint density at radius 2 is 2.26 bits per heavy atom. The standard InChI is InChI=1S/C14H19BrN2O2/c1-9-5-6-17(8-13(9)16)14(18)11-7-10(19-2)3-4-12(11)15/h3-4,7,9,13H,5-6,8,16H2,1-2H3. The fourth-order valence-corrected chi connectivity index (χ4v) is 2.67. The van der Waals surface area contributed by atoms with Crippen molar-refractivity contribution in [2.45, 2.75) is 19.4 Å². The molecule has 0 aliphatic carbocycles. The molecule has 2 N–H and O–H groups in total. The zero-order chi connectivity index (χ0) is 14.0. The fraction of sp³-hybridized carbons (Fsp3) is 0.500. The number of benzene rings is 1. The maximum Gasteiger partial charge on any atom is 0.255 e. The van der Waals surface area contributed by atoms with Crippen molar-refractivity contribution in [2.75, 3.05) is 20.2 Å². The van der Waals surface area contributed by atoms with Gasteiger partial charge in [0.2, 0.25) is 0 Å². The van der Waals surface area contributed by atoms with Gasteiger partial charge in [0.05, 0.1) is 12.7 Å². The molecule has 2 rings (SSSR count). The fourth-order valence-electron chi connectivity index (χ4n) is 2.25. The van der Waals surface area contributed by atoms with Gasteiger partial charge in [0.1, 0.15) is 5.75 Å². The first-order valence-corrected chi connectivity index (χ1v) is 7.20. The van der Waals surface area contributed by atoms with Crippen molar-refractivity contribution >= 4 is 21.8 Å². The van der Waals surface area contributed by atoms with E-state index in [1.54, 1.807) is 13.2 Å². The normalized spacial score (nSPS) is 23.3. The minimum absolute atomic E-state index is 0.00752. The maximum absolute atomic E-state index is 12.5. The van der Waals surface area contributed by atoms with Crippen LogP contribution in [0.1, 0.15) is 23.7 Å². The van der Waals surface area contributed by atoms with E-state index in [4.69, 9.17) is 10.5 Å². The largest absolute Gasteiger partial charge is 0.497 e. The van der Waals surface area contributed by atoms with Crippen LogP contribution in [0.4, 0.5) is 0 Å². The number of hydrogen-bond acceptors (Lipinski definition) is 3. The molecule has 19 heavy (non-hydrogen) atoms. The van der Waals surface area contributed by atoms with E-state index in [9.17, 15) is 4.79 Å². The maximum atomic E-state index is 12.5. The first-order valence-electron chi connectivity index (χ1n) is 6.41. The van der Waals surface area contributed by atoms with E-state index in [0.717, 1.165) is 17.4 Å². The lowest BCUT2D eigenvalue weighted by Crippen LogP contribution is -2.49. The van der Waals surface area contributed by atoms with Gasteiger partial charge in [-0.2, -0.15) is 0 Å². The van der Waals surface area contributed by atoms with Crippen molar-refractivity contribution in [3.05, 3.63) is 28.2 Å². The van der Waals surface area contributed by atoms with Crippen molar-refractivity contribution in [1.29, 1.82) is 0 Å². The van der Waals surface area contributed by atoms with Crippen LogP contribution < -0.4 is 10.5 Å². The third-order valence-electron chi connectivity index (χ3n) is 3.71. The number of halogens is 1. The zero-order valence-corrected chi connectivity index (χ0v) is 12.8. The summed E-state index contributed by atoms with van der Waals surface area (Å²) in [5.41, 5.74) is 6.67. The summed E-state index contributed by atoms with van der Waals surface area (Å²) >= 11 is 3.42. The van der Waals surface area contributed by atoms with Crippen molar-refractivity contribution in [1.82, 2.24) is 4.90 Å². The second-order valence-electron chi connectivity index (χ2n) is 5.03. The predicted molar refractivity (Wildman–Crippen MR) is 78.4 cm³/mol. The van der Waals surface area contributed by atoms with Gasteiger partial charge in [0, 0.05) is 23.6 Å². The van der Waals surface area contributed by atoms with Crippen molar-refractivity contribution in [3.63, 3.8) is 0 Å². The van der Waals surface area contributed by atoms with Gasteiger partial charge in [-0.05, 0) is 46.5 Å². The highest BCUT2D eigenvalue weighted by atomic mass is 79.9. The Hall–Kier alpha value is -1.07. The van der Waals surface area contributed by atoms with Crippen LogP contribution in [0.2, 0.25) is 0 Å². The highest BCUT2D eigenvalue weighted by Gasteiger charge is 2.27.